The summed E-state index contributed by atoms with van der Waals surface area (Å²) < 4.78 is 16.8. The molecule has 0 saturated carbocycles. The molecule has 4 nitrogen and oxygen atoms in total. The zero-order valence-corrected chi connectivity index (χ0v) is 10.5. The van der Waals surface area contributed by atoms with Gasteiger partial charge in [-0.1, -0.05) is 0 Å². The van der Waals surface area contributed by atoms with Crippen molar-refractivity contribution in [3.05, 3.63) is 22.2 Å². The Labute approximate surface area is 102 Å². The highest BCUT2D eigenvalue weighted by Crippen LogP contribution is 2.38. The molecule has 86 valence electrons. The first kappa shape index (κ1) is 11.3. The van der Waals surface area contributed by atoms with Crippen molar-refractivity contribution in [3.8, 4) is 11.5 Å². The van der Waals surface area contributed by atoms with Gasteiger partial charge in [0.05, 0.1) is 24.8 Å². The number of hydrogen-bond donors (Lipinski definition) is 1. The van der Waals surface area contributed by atoms with E-state index >= 15 is 0 Å². The number of rotatable bonds is 1. The van der Waals surface area contributed by atoms with Gasteiger partial charge in [-0.25, -0.2) is 0 Å². The molecule has 1 aromatic carbocycles. The van der Waals surface area contributed by atoms with Crippen molar-refractivity contribution in [2.75, 3.05) is 20.3 Å². The molecule has 1 N–H and O–H groups in total. The van der Waals surface area contributed by atoms with Gasteiger partial charge in [0.25, 0.3) is 0 Å². The predicted octanol–water partition coefficient (Wildman–Crippen LogP) is 2.58. The molecule has 2 rings (SSSR count). The summed E-state index contributed by atoms with van der Waals surface area (Å²) in [4.78, 5) is 0. The third-order valence-electron chi connectivity index (χ3n) is 2.27. The fourth-order valence-electron chi connectivity index (χ4n) is 1.48. The average molecular weight is 286 g/mol. The van der Waals surface area contributed by atoms with Crippen LogP contribution in [0.5, 0.6) is 11.5 Å². The first-order valence-electron chi connectivity index (χ1n) is 4.94. The fourth-order valence-corrected chi connectivity index (χ4v) is 2.04. The van der Waals surface area contributed by atoms with Crippen LogP contribution in [0.4, 0.5) is 0 Å². The van der Waals surface area contributed by atoms with Crippen LogP contribution in [-0.2, 0) is 4.74 Å². The summed E-state index contributed by atoms with van der Waals surface area (Å²) in [5, 5.41) is 7.61. The third kappa shape index (κ3) is 2.14. The molecule has 0 unspecified atom stereocenters. The van der Waals surface area contributed by atoms with E-state index in [1.54, 1.807) is 12.1 Å². The molecule has 0 amide bonds. The largest absolute Gasteiger partial charge is 0.489 e. The predicted molar refractivity (Wildman–Crippen MR) is 63.6 cm³/mol. The van der Waals surface area contributed by atoms with E-state index in [9.17, 15) is 0 Å². The Morgan fingerprint density at radius 1 is 1.38 bits per heavy atom. The van der Waals surface area contributed by atoms with Crippen LogP contribution in [-0.4, -0.2) is 26.2 Å². The number of nitrogens with one attached hydrogen (secondary N) is 1. The lowest BCUT2D eigenvalue weighted by atomic mass is 10.2. The van der Waals surface area contributed by atoms with Crippen molar-refractivity contribution in [2.45, 2.75) is 6.42 Å². The molecule has 0 spiro atoms. The second-order valence-electron chi connectivity index (χ2n) is 3.37. The van der Waals surface area contributed by atoms with E-state index in [-0.39, 0.29) is 5.90 Å². The minimum atomic E-state index is 0.108. The minimum absolute atomic E-state index is 0.108. The third-order valence-corrected chi connectivity index (χ3v) is 2.86. The fraction of sp³-hybridized carbons (Fsp3) is 0.364. The maximum Gasteiger partial charge on any atom is 0.213 e. The van der Waals surface area contributed by atoms with Gasteiger partial charge in [0.2, 0.25) is 5.90 Å². The molecule has 1 heterocycles. The molecule has 0 radical (unpaired) electrons. The number of ether oxygens (including phenoxy) is 3. The van der Waals surface area contributed by atoms with E-state index in [1.165, 1.54) is 7.11 Å². The summed E-state index contributed by atoms with van der Waals surface area (Å²) in [6.07, 6.45) is 0.859. The number of methoxy groups -OCH3 is 1. The Bertz CT molecular complexity index is 420. The Morgan fingerprint density at radius 3 is 2.88 bits per heavy atom. The Morgan fingerprint density at radius 2 is 2.12 bits per heavy atom. The van der Waals surface area contributed by atoms with Gasteiger partial charge in [0, 0.05) is 12.0 Å². The van der Waals surface area contributed by atoms with Crippen LogP contribution in [0.15, 0.2) is 16.6 Å². The summed E-state index contributed by atoms with van der Waals surface area (Å²) in [6, 6.07) is 3.55. The van der Waals surface area contributed by atoms with Gasteiger partial charge in [-0.15, -0.1) is 0 Å². The average Bonchev–Trinajstić information content (AvgIpc) is 2.53. The van der Waals surface area contributed by atoms with E-state index in [1.807, 2.05) is 0 Å². The van der Waals surface area contributed by atoms with E-state index in [4.69, 9.17) is 19.6 Å². The molecular formula is C11H12BrNO3. The van der Waals surface area contributed by atoms with Crippen LogP contribution < -0.4 is 9.47 Å². The molecule has 1 aromatic rings. The van der Waals surface area contributed by atoms with Crippen molar-refractivity contribution in [3.63, 3.8) is 0 Å². The molecule has 1 aliphatic heterocycles. The molecule has 0 bridgehead atoms. The van der Waals surface area contributed by atoms with Crippen LogP contribution in [0.2, 0.25) is 0 Å². The van der Waals surface area contributed by atoms with Crippen molar-refractivity contribution in [1.29, 1.82) is 5.41 Å². The molecule has 0 saturated heterocycles. The molecule has 0 atom stereocenters. The van der Waals surface area contributed by atoms with Crippen molar-refractivity contribution in [2.24, 2.45) is 0 Å². The van der Waals surface area contributed by atoms with Crippen LogP contribution in [0.25, 0.3) is 0 Å². The monoisotopic (exact) mass is 285 g/mol. The lowest BCUT2D eigenvalue weighted by Gasteiger charge is -2.11. The molecule has 0 fully saturated rings. The topological polar surface area (TPSA) is 51.5 Å². The van der Waals surface area contributed by atoms with E-state index in [0.717, 1.165) is 10.9 Å². The SMILES string of the molecule is COC(=N)c1cc(Br)c2c(c1)OCCCO2. The van der Waals surface area contributed by atoms with Gasteiger partial charge >= 0.3 is 0 Å². The molecular weight excluding hydrogens is 274 g/mol. The zero-order valence-electron chi connectivity index (χ0n) is 8.88. The molecule has 0 aliphatic carbocycles. The smallest absolute Gasteiger partial charge is 0.213 e. The van der Waals surface area contributed by atoms with Gasteiger partial charge in [-0.05, 0) is 28.1 Å². The van der Waals surface area contributed by atoms with Crippen LogP contribution in [0.3, 0.4) is 0 Å². The molecule has 5 heteroatoms. The van der Waals surface area contributed by atoms with Crippen molar-refractivity contribution >= 4 is 21.8 Å². The lowest BCUT2D eigenvalue weighted by molar-refractivity contribution is 0.296. The summed E-state index contributed by atoms with van der Waals surface area (Å²) in [5.74, 6) is 1.46. The van der Waals surface area contributed by atoms with Gasteiger partial charge in [0.15, 0.2) is 11.5 Å². The van der Waals surface area contributed by atoms with Gasteiger partial charge in [0.1, 0.15) is 0 Å². The minimum Gasteiger partial charge on any atom is -0.489 e. The Kier molecular flexibility index (Phi) is 3.33. The first-order chi connectivity index (χ1) is 7.72. The van der Waals surface area contributed by atoms with Crippen LogP contribution >= 0.6 is 15.9 Å². The Balaban J connectivity index is 2.43. The molecule has 0 aromatic heterocycles. The molecule has 1 aliphatic rings. The second kappa shape index (κ2) is 4.74. The summed E-state index contributed by atoms with van der Waals surface area (Å²) in [7, 11) is 1.47. The number of benzene rings is 1. The Hall–Kier alpha value is -1.23. The number of halogens is 1. The van der Waals surface area contributed by atoms with E-state index in [2.05, 4.69) is 15.9 Å². The van der Waals surface area contributed by atoms with Crippen LogP contribution in [0.1, 0.15) is 12.0 Å². The van der Waals surface area contributed by atoms with Gasteiger partial charge in [-0.2, -0.15) is 0 Å². The highest BCUT2D eigenvalue weighted by atomic mass is 79.9. The number of fused-ring (bicyclic) bond motifs is 1. The maximum atomic E-state index is 7.61. The van der Waals surface area contributed by atoms with Crippen molar-refractivity contribution in [1.82, 2.24) is 0 Å². The first-order valence-corrected chi connectivity index (χ1v) is 5.73. The number of hydrogen-bond acceptors (Lipinski definition) is 4. The van der Waals surface area contributed by atoms with E-state index < -0.39 is 0 Å². The zero-order chi connectivity index (χ0) is 11.5. The van der Waals surface area contributed by atoms with Gasteiger partial charge < -0.3 is 14.2 Å². The van der Waals surface area contributed by atoms with Crippen molar-refractivity contribution < 1.29 is 14.2 Å². The second-order valence-corrected chi connectivity index (χ2v) is 4.22. The van der Waals surface area contributed by atoms with Gasteiger partial charge in [-0.3, -0.25) is 5.41 Å². The molecule has 16 heavy (non-hydrogen) atoms. The summed E-state index contributed by atoms with van der Waals surface area (Å²) in [5.41, 5.74) is 0.665. The quantitative estimate of drug-likeness (QED) is 0.637. The summed E-state index contributed by atoms with van der Waals surface area (Å²) in [6.45, 7) is 1.27. The highest BCUT2D eigenvalue weighted by Gasteiger charge is 2.16. The normalized spacial score (nSPS) is 14.1. The van der Waals surface area contributed by atoms with Crippen LogP contribution in [0, 0.1) is 5.41 Å². The standard InChI is InChI=1S/C11H12BrNO3/c1-14-11(13)7-5-8(12)10-9(6-7)15-3-2-4-16-10/h5-6,13H,2-4H2,1H3. The maximum absolute atomic E-state index is 7.61. The summed E-state index contributed by atoms with van der Waals surface area (Å²) >= 11 is 3.41. The lowest BCUT2D eigenvalue weighted by Crippen LogP contribution is -2.03. The highest BCUT2D eigenvalue weighted by molar-refractivity contribution is 9.10. The van der Waals surface area contributed by atoms with E-state index in [0.29, 0.717) is 30.3 Å².